The zero-order valence-corrected chi connectivity index (χ0v) is 20.2. The van der Waals surface area contributed by atoms with Gasteiger partial charge in [0.05, 0.1) is 10.2 Å². The minimum atomic E-state index is 0. The van der Waals surface area contributed by atoms with Crippen molar-refractivity contribution in [2.75, 3.05) is 0 Å². The molecule has 0 N–H and O–H groups in total. The fourth-order valence-electron chi connectivity index (χ4n) is 2.13. The second-order valence-corrected chi connectivity index (χ2v) is 5.72. The Hall–Kier alpha value is -0.140. The van der Waals surface area contributed by atoms with Crippen LogP contribution in [0.5, 0.6) is 0 Å². The minimum Gasteiger partial charge on any atom is -1.00 e. The van der Waals surface area contributed by atoms with Crippen molar-refractivity contribution < 1.29 is 51.0 Å². The fourth-order valence-corrected chi connectivity index (χ4v) is 2.31. The molecule has 0 amide bonds. The van der Waals surface area contributed by atoms with E-state index in [1.807, 2.05) is 30.4 Å². The Morgan fingerprint density at radius 2 is 1.72 bits per heavy atom. The molecule has 0 spiro atoms. The summed E-state index contributed by atoms with van der Waals surface area (Å²) < 4.78 is 0. The van der Waals surface area contributed by atoms with Crippen molar-refractivity contribution in [2.45, 2.75) is 46.5 Å². The van der Waals surface area contributed by atoms with Crippen LogP contribution >= 0.6 is 0 Å². The number of aryl methyl sites for hydroxylation is 1. The molecule has 0 nitrogen and oxygen atoms in total. The summed E-state index contributed by atoms with van der Waals surface area (Å²) in [6, 6.07) is 8.14. The Kier molecular flexibility index (Phi) is 22.1. The Labute approximate surface area is 189 Å². The van der Waals surface area contributed by atoms with E-state index in [9.17, 15) is 0 Å². The maximum Gasteiger partial charge on any atom is 4.00 e. The van der Waals surface area contributed by atoms with Crippen molar-refractivity contribution in [3.05, 3.63) is 77.4 Å². The molecule has 0 aliphatic heterocycles. The van der Waals surface area contributed by atoms with E-state index in [-0.39, 0.29) is 51.0 Å². The van der Waals surface area contributed by atoms with Gasteiger partial charge in [-0.25, -0.2) is 18.2 Å². The zero-order valence-electron chi connectivity index (χ0n) is 15.2. The molecule has 0 aromatic heterocycles. The maximum absolute atomic E-state index is 3.44. The smallest absolute Gasteiger partial charge is 1.00 e. The molecule has 4 heteroatoms. The van der Waals surface area contributed by atoms with E-state index in [1.165, 1.54) is 29.2 Å². The van der Waals surface area contributed by atoms with Crippen LogP contribution in [-0.2, 0) is 26.2 Å². The monoisotopic (exact) mass is 465 g/mol. The van der Waals surface area contributed by atoms with Crippen molar-refractivity contribution in [3.8, 4) is 0 Å². The number of hydrogen-bond acceptors (Lipinski definition) is 0. The number of halogens is 2. The van der Waals surface area contributed by atoms with Crippen molar-refractivity contribution in [3.63, 3.8) is 0 Å². The van der Waals surface area contributed by atoms with E-state index in [4.69, 9.17) is 0 Å². The van der Waals surface area contributed by atoms with Crippen LogP contribution in [0.2, 0.25) is 0 Å². The summed E-state index contributed by atoms with van der Waals surface area (Å²) in [5.74, 6) is 0. The van der Waals surface area contributed by atoms with Gasteiger partial charge in [-0.3, -0.25) is 12.2 Å². The van der Waals surface area contributed by atoms with Crippen LogP contribution in [0.15, 0.2) is 59.7 Å². The van der Waals surface area contributed by atoms with Crippen LogP contribution in [0.25, 0.3) is 0 Å². The molecule has 3 radical (unpaired) electrons. The van der Waals surface area contributed by atoms with E-state index in [0.717, 1.165) is 12.8 Å². The van der Waals surface area contributed by atoms with Gasteiger partial charge in [-0.1, -0.05) is 61.7 Å². The molecule has 0 atom stereocenters. The van der Waals surface area contributed by atoms with Crippen LogP contribution in [-0.4, -0.2) is 10.2 Å². The number of rotatable bonds is 2. The van der Waals surface area contributed by atoms with Crippen LogP contribution < -0.4 is 30.0 Å². The average molecular weight is 468 g/mol. The Bertz CT molecular complexity index is 544. The van der Waals surface area contributed by atoms with Gasteiger partial charge in [0.25, 0.3) is 0 Å². The third-order valence-corrected chi connectivity index (χ3v) is 4.15. The van der Waals surface area contributed by atoms with Crippen molar-refractivity contribution in [1.29, 1.82) is 0 Å². The van der Waals surface area contributed by atoms with Gasteiger partial charge in [0.1, 0.15) is 0 Å². The summed E-state index contributed by atoms with van der Waals surface area (Å²) in [5, 5.41) is 1.17. The molecular weight excluding hydrogens is 442 g/mol. The first-order chi connectivity index (χ1) is 10.7. The molecule has 2 aliphatic carbocycles. The van der Waals surface area contributed by atoms with Crippen molar-refractivity contribution in [2.24, 2.45) is 0 Å². The molecule has 0 saturated heterocycles. The van der Waals surface area contributed by atoms with Gasteiger partial charge in [0.15, 0.2) is 0 Å². The van der Waals surface area contributed by atoms with Gasteiger partial charge in [0, 0.05) is 0 Å². The maximum atomic E-state index is 3.44. The van der Waals surface area contributed by atoms with E-state index in [1.54, 1.807) is 5.57 Å². The first-order valence-corrected chi connectivity index (χ1v) is 8.45. The second kappa shape index (κ2) is 18.6. The molecule has 1 aromatic rings. The Morgan fingerprint density at radius 3 is 2.04 bits per heavy atom. The molecular formula is C21H25Cl2SiZr. The van der Waals surface area contributed by atoms with Gasteiger partial charge in [-0.15, -0.1) is 12.8 Å². The van der Waals surface area contributed by atoms with E-state index >= 15 is 0 Å². The number of hydrogen-bond donors (Lipinski definition) is 0. The quantitative estimate of drug-likeness (QED) is 0.386. The second-order valence-electron chi connectivity index (χ2n) is 5.18. The fraction of sp³-hybridized carbons (Fsp3) is 0.333. The topological polar surface area (TPSA) is 0 Å². The summed E-state index contributed by atoms with van der Waals surface area (Å²) in [5.41, 5.74) is 4.37. The summed E-state index contributed by atoms with van der Waals surface area (Å²) in [4.78, 5) is 0. The van der Waals surface area contributed by atoms with Crippen molar-refractivity contribution >= 4 is 15.4 Å². The molecule has 25 heavy (non-hydrogen) atoms. The summed E-state index contributed by atoms with van der Waals surface area (Å²) >= 11 is 0. The van der Waals surface area contributed by atoms with Gasteiger partial charge < -0.3 is 24.8 Å². The largest absolute Gasteiger partial charge is 4.00 e. The van der Waals surface area contributed by atoms with Crippen molar-refractivity contribution in [1.82, 2.24) is 0 Å². The normalized spacial score (nSPS) is 12.8. The predicted molar refractivity (Wildman–Crippen MR) is 98.2 cm³/mol. The molecule has 0 unspecified atom stereocenters. The van der Waals surface area contributed by atoms with Crippen LogP contribution in [0.1, 0.15) is 45.1 Å². The predicted octanol–water partition coefficient (Wildman–Crippen LogP) is -1.03. The van der Waals surface area contributed by atoms with Gasteiger partial charge in [0.2, 0.25) is 0 Å². The summed E-state index contributed by atoms with van der Waals surface area (Å²) in [6.45, 7) is 6.49. The first-order valence-electron chi connectivity index (χ1n) is 7.95. The van der Waals surface area contributed by atoms with E-state index in [2.05, 4.69) is 61.4 Å². The SMILES string of the molecule is CCC1=C(CC)C[C-]=C1.Cc1ccccc1[Si].[C-]1=CC=CC1.[Cl-].[Cl-].[Zr+4]. The van der Waals surface area contributed by atoms with E-state index in [0.29, 0.717) is 0 Å². The van der Waals surface area contributed by atoms with Gasteiger partial charge in [-0.05, 0) is 6.92 Å². The average Bonchev–Trinajstić information content (AvgIpc) is 3.24. The number of benzene rings is 1. The summed E-state index contributed by atoms with van der Waals surface area (Å²) in [7, 11) is 3.44. The minimum absolute atomic E-state index is 0. The molecule has 3 rings (SSSR count). The third-order valence-electron chi connectivity index (χ3n) is 3.58. The standard InChI is InChI=1S/C9H13.C7H7Si.C5H5.2ClH.Zr/c1-3-8-6-5-7-9(8)4-2;1-6-4-2-3-5-7(6)8;1-2-4-5-3-1;;;/h6H,3-4,7H2,1-2H3;2-5H,1H3;1-3H,4H2;2*1H;/q-1;;-1;;;+4/p-2. The molecule has 0 fully saturated rings. The van der Waals surface area contributed by atoms with Gasteiger partial charge in [-0.2, -0.15) is 17.2 Å². The molecule has 131 valence electrons. The van der Waals surface area contributed by atoms with E-state index < -0.39 is 0 Å². The molecule has 0 saturated carbocycles. The van der Waals surface area contributed by atoms with Crippen LogP contribution in [0.3, 0.4) is 0 Å². The first kappa shape index (κ1) is 29.6. The molecule has 2 aliphatic rings. The molecule has 1 aromatic carbocycles. The van der Waals surface area contributed by atoms with Gasteiger partial charge >= 0.3 is 26.2 Å². The summed E-state index contributed by atoms with van der Waals surface area (Å²) in [6.07, 6.45) is 18.8. The molecule has 0 bridgehead atoms. The Balaban J connectivity index is -0.000000282. The zero-order chi connectivity index (χ0) is 16.2. The Morgan fingerprint density at radius 1 is 1.04 bits per heavy atom. The van der Waals surface area contributed by atoms with Crippen LogP contribution in [0.4, 0.5) is 0 Å². The molecule has 0 heterocycles. The number of allylic oxidation sites excluding steroid dienone is 8. The van der Waals surface area contributed by atoms with Crippen LogP contribution in [0, 0.1) is 19.1 Å². The third kappa shape index (κ3) is 12.8.